The van der Waals surface area contributed by atoms with Crippen molar-refractivity contribution in [1.82, 2.24) is 9.80 Å². The van der Waals surface area contributed by atoms with Crippen molar-refractivity contribution in [1.29, 1.82) is 5.41 Å². The van der Waals surface area contributed by atoms with Crippen LogP contribution < -0.4 is 10.6 Å². The molecule has 1 aromatic rings. The number of nitrogens with two attached hydrogens (primary N) is 1. The molecule has 146 valence electrons. The zero-order valence-corrected chi connectivity index (χ0v) is 15.9. The Hall–Kier alpha value is -2.16. The number of rotatable bonds is 4. The summed E-state index contributed by atoms with van der Waals surface area (Å²) in [5.74, 6) is -0.525. The van der Waals surface area contributed by atoms with E-state index in [2.05, 4.69) is 15.5 Å². The summed E-state index contributed by atoms with van der Waals surface area (Å²) in [6, 6.07) is 3.81. The number of anilines is 1. The number of carbonyl (C=O) groups excluding carboxylic acids is 1. The number of urea groups is 1. The van der Waals surface area contributed by atoms with E-state index in [4.69, 9.17) is 21.7 Å². The number of methoxy groups -OCH3 is 1. The highest BCUT2D eigenvalue weighted by molar-refractivity contribution is 6.31. The van der Waals surface area contributed by atoms with E-state index in [1.165, 1.54) is 24.4 Å². The fourth-order valence-electron chi connectivity index (χ4n) is 3.41. The van der Waals surface area contributed by atoms with Crippen LogP contribution in [0.4, 0.5) is 14.9 Å². The van der Waals surface area contributed by atoms with E-state index in [1.807, 2.05) is 0 Å². The van der Waals surface area contributed by atoms with Gasteiger partial charge in [-0.3, -0.25) is 0 Å². The Kier molecular flexibility index (Phi) is 6.30. The number of piperazine rings is 1. The first-order chi connectivity index (χ1) is 13.0. The minimum absolute atomic E-state index is 0.0341. The number of hydrogen-bond donors (Lipinski definition) is 3. The number of amides is 2. The number of quaternary nitrogens is 1. The van der Waals surface area contributed by atoms with Crippen molar-refractivity contribution in [3.63, 3.8) is 0 Å². The molecule has 2 fully saturated rings. The van der Waals surface area contributed by atoms with E-state index in [-0.39, 0.29) is 17.2 Å². The molecule has 2 heterocycles. The standard InChI is InChI=1S/C18H23ClFN5O2/c1-27-13-4-6-24(10-13)17(9-21)16-11-25(7-5-22-16)18(26)23-12-2-3-15(20)14(19)8-12/h2-3,8-9,13,21-22H,4-7,10-11H2,1H3,(H,23,26)/p+1. The van der Waals surface area contributed by atoms with E-state index in [0.717, 1.165) is 30.9 Å². The van der Waals surface area contributed by atoms with Crippen LogP contribution in [0.3, 0.4) is 0 Å². The second-order valence-electron chi connectivity index (χ2n) is 6.62. The Bertz CT molecular complexity index is 757. The molecule has 2 aliphatic rings. The first-order valence-electron chi connectivity index (χ1n) is 8.87. The third-order valence-corrected chi connectivity index (χ3v) is 5.18. The maximum atomic E-state index is 13.3. The predicted molar refractivity (Wildman–Crippen MR) is 102 cm³/mol. The zero-order chi connectivity index (χ0) is 19.4. The van der Waals surface area contributed by atoms with Crippen LogP contribution >= 0.6 is 11.6 Å². The summed E-state index contributed by atoms with van der Waals surface area (Å²) in [7, 11) is 1.70. The highest BCUT2D eigenvalue weighted by atomic mass is 35.5. The SMILES string of the molecule is COC1CCN(C(C=N)=C2CN(C(=O)Nc3ccc(F)c(Cl)c3)CC[NH2+]2)C1. The normalized spacial score (nSPS) is 22.0. The molecule has 0 radical (unpaired) electrons. The molecular formula is C18H24ClFN5O2+. The van der Waals surface area contributed by atoms with Gasteiger partial charge in [-0.1, -0.05) is 11.6 Å². The maximum Gasteiger partial charge on any atom is 0.322 e. The summed E-state index contributed by atoms with van der Waals surface area (Å²) < 4.78 is 18.7. The van der Waals surface area contributed by atoms with Gasteiger partial charge in [-0.25, -0.2) is 9.18 Å². The second kappa shape index (κ2) is 8.69. The Morgan fingerprint density at radius 2 is 2.26 bits per heavy atom. The summed E-state index contributed by atoms with van der Waals surface area (Å²) in [5.41, 5.74) is 2.23. The second-order valence-corrected chi connectivity index (χ2v) is 7.03. The first-order valence-corrected chi connectivity index (χ1v) is 9.25. The van der Waals surface area contributed by atoms with Gasteiger partial charge in [0.15, 0.2) is 5.70 Å². The predicted octanol–water partition coefficient (Wildman–Crippen LogP) is 1.47. The van der Waals surface area contributed by atoms with E-state index >= 15 is 0 Å². The number of ether oxygens (including phenoxy) is 1. The number of hydrogen-bond acceptors (Lipinski definition) is 4. The van der Waals surface area contributed by atoms with Gasteiger partial charge in [0.2, 0.25) is 0 Å². The first kappa shape index (κ1) is 19.6. The van der Waals surface area contributed by atoms with Crippen LogP contribution in [0.5, 0.6) is 0 Å². The van der Waals surface area contributed by atoms with Crippen LogP contribution in [0.1, 0.15) is 6.42 Å². The summed E-state index contributed by atoms with van der Waals surface area (Å²) >= 11 is 5.77. The number of likely N-dealkylation sites (tertiary alicyclic amines) is 1. The Morgan fingerprint density at radius 1 is 1.44 bits per heavy atom. The smallest absolute Gasteiger partial charge is 0.322 e. The van der Waals surface area contributed by atoms with Crippen LogP contribution in [0.2, 0.25) is 5.02 Å². The van der Waals surface area contributed by atoms with E-state index in [1.54, 1.807) is 12.0 Å². The number of nitrogens with zero attached hydrogens (tertiary/aromatic N) is 2. The minimum Gasteiger partial charge on any atom is -0.380 e. The highest BCUT2D eigenvalue weighted by Crippen LogP contribution is 2.21. The Labute approximate surface area is 162 Å². The number of nitrogens with one attached hydrogen (secondary N) is 2. The Balaban J connectivity index is 1.69. The molecule has 9 heteroatoms. The fourth-order valence-corrected chi connectivity index (χ4v) is 3.59. The van der Waals surface area contributed by atoms with Gasteiger partial charge in [-0.05, 0) is 24.6 Å². The molecule has 2 amide bonds. The molecule has 2 aliphatic heterocycles. The molecule has 3 rings (SSSR count). The molecule has 0 saturated carbocycles. The van der Waals surface area contributed by atoms with Gasteiger partial charge >= 0.3 is 6.03 Å². The topological polar surface area (TPSA) is 85.3 Å². The number of halogens is 2. The summed E-state index contributed by atoms with van der Waals surface area (Å²) in [6.45, 7) is 3.29. The van der Waals surface area contributed by atoms with Gasteiger partial charge in [-0.2, -0.15) is 0 Å². The van der Waals surface area contributed by atoms with Crippen LogP contribution in [0, 0.1) is 11.2 Å². The monoisotopic (exact) mass is 396 g/mol. The molecule has 0 aromatic heterocycles. The largest absolute Gasteiger partial charge is 0.380 e. The molecule has 0 bridgehead atoms. The average molecular weight is 397 g/mol. The quantitative estimate of drug-likeness (QED) is 0.674. The maximum absolute atomic E-state index is 13.3. The number of carbonyl (C=O) groups is 1. The third-order valence-electron chi connectivity index (χ3n) is 4.89. The average Bonchev–Trinajstić information content (AvgIpc) is 3.14. The van der Waals surface area contributed by atoms with Crippen molar-refractivity contribution >= 4 is 29.5 Å². The van der Waals surface area contributed by atoms with Crippen molar-refractivity contribution in [2.24, 2.45) is 0 Å². The van der Waals surface area contributed by atoms with Crippen LogP contribution in [0.25, 0.3) is 0 Å². The molecule has 0 aliphatic carbocycles. The summed E-state index contributed by atoms with van der Waals surface area (Å²) in [5, 5.41) is 12.6. The Morgan fingerprint density at radius 3 is 2.93 bits per heavy atom. The van der Waals surface area contributed by atoms with Gasteiger partial charge < -0.3 is 30.6 Å². The lowest BCUT2D eigenvalue weighted by molar-refractivity contribution is -0.616. The molecule has 4 N–H and O–H groups in total. The van der Waals surface area contributed by atoms with Crippen LogP contribution in [-0.2, 0) is 4.74 Å². The molecule has 1 unspecified atom stereocenters. The molecule has 1 aromatic carbocycles. The molecule has 1 atom stereocenters. The van der Waals surface area contributed by atoms with Gasteiger partial charge in [0.25, 0.3) is 0 Å². The number of benzene rings is 1. The molecule has 2 saturated heterocycles. The van der Waals surface area contributed by atoms with Crippen molar-refractivity contribution < 1.29 is 19.2 Å². The molecule has 27 heavy (non-hydrogen) atoms. The fraction of sp³-hybridized carbons (Fsp3) is 0.444. The van der Waals surface area contributed by atoms with Gasteiger partial charge in [0.1, 0.15) is 11.5 Å². The highest BCUT2D eigenvalue weighted by Gasteiger charge is 2.30. The zero-order valence-electron chi connectivity index (χ0n) is 15.2. The van der Waals surface area contributed by atoms with Crippen molar-refractivity contribution in [2.75, 3.05) is 45.2 Å². The van der Waals surface area contributed by atoms with Crippen LogP contribution in [0.15, 0.2) is 29.6 Å². The molecular weight excluding hydrogens is 373 g/mol. The lowest BCUT2D eigenvalue weighted by atomic mass is 10.2. The van der Waals surface area contributed by atoms with Gasteiger partial charge in [0, 0.05) is 32.1 Å². The van der Waals surface area contributed by atoms with Gasteiger partial charge in [0.05, 0.1) is 30.8 Å². The van der Waals surface area contributed by atoms with Crippen LogP contribution in [-0.4, -0.2) is 68.0 Å². The van der Waals surface area contributed by atoms with Crippen molar-refractivity contribution in [3.8, 4) is 0 Å². The third kappa shape index (κ3) is 4.58. The molecule has 7 nitrogen and oxygen atoms in total. The molecule has 0 spiro atoms. The van der Waals surface area contributed by atoms with Crippen molar-refractivity contribution in [2.45, 2.75) is 12.5 Å². The van der Waals surface area contributed by atoms with Crippen molar-refractivity contribution in [3.05, 3.63) is 40.4 Å². The lowest BCUT2D eigenvalue weighted by Crippen LogP contribution is -2.88. The number of allylic oxidation sites excluding steroid dienone is 1. The lowest BCUT2D eigenvalue weighted by Gasteiger charge is -2.29. The van der Waals surface area contributed by atoms with E-state index < -0.39 is 5.82 Å². The van der Waals surface area contributed by atoms with E-state index in [0.29, 0.717) is 25.3 Å². The van der Waals surface area contributed by atoms with E-state index in [9.17, 15) is 9.18 Å². The summed E-state index contributed by atoms with van der Waals surface area (Å²) in [4.78, 5) is 16.4. The van der Waals surface area contributed by atoms with Gasteiger partial charge in [-0.15, -0.1) is 0 Å². The minimum atomic E-state index is -0.525. The summed E-state index contributed by atoms with van der Waals surface area (Å²) in [6.07, 6.45) is 2.45.